The van der Waals surface area contributed by atoms with Gasteiger partial charge in [0.1, 0.15) is 5.82 Å². The molecule has 0 bridgehead atoms. The van der Waals surface area contributed by atoms with Crippen molar-refractivity contribution >= 4 is 33.3 Å². The van der Waals surface area contributed by atoms with Crippen molar-refractivity contribution in [2.24, 2.45) is 5.92 Å². The molecule has 0 N–H and O–H groups in total. The molecule has 1 aromatic heterocycles. The maximum absolute atomic E-state index is 5.90. The van der Waals surface area contributed by atoms with Crippen molar-refractivity contribution < 1.29 is 0 Å². The number of nitrogens with zero attached hydrogens (tertiary/aromatic N) is 3. The minimum absolute atomic E-state index is 0.305. The molecule has 0 atom stereocenters. The Morgan fingerprint density at radius 1 is 1.19 bits per heavy atom. The molecule has 0 saturated carbocycles. The molecule has 0 radical (unpaired) electrons. The van der Waals surface area contributed by atoms with Gasteiger partial charge < -0.3 is 4.90 Å². The molecule has 1 aromatic carbocycles. The monoisotopic (exact) mass is 365 g/mol. The summed E-state index contributed by atoms with van der Waals surface area (Å²) in [5.74, 6) is 1.66. The fraction of sp³-hybridized carbons (Fsp3) is 0.375. The molecular weight excluding hydrogens is 350 g/mol. The Morgan fingerprint density at radius 3 is 2.62 bits per heavy atom. The second kappa shape index (κ2) is 6.75. The molecule has 1 aliphatic heterocycles. The normalized spacial score (nSPS) is 16.2. The highest BCUT2D eigenvalue weighted by atomic mass is 79.9. The standard InChI is InChI=1S/C16H17BrClN3/c17-14-11-19-16(18)20-15(14)21-8-6-13(7-9-21)10-12-4-2-1-3-5-12/h1-5,11,13H,6-10H2. The lowest BCUT2D eigenvalue weighted by Crippen LogP contribution is -2.35. The van der Waals surface area contributed by atoms with Crippen molar-refractivity contribution in [3.63, 3.8) is 0 Å². The van der Waals surface area contributed by atoms with Gasteiger partial charge in [-0.25, -0.2) is 4.98 Å². The van der Waals surface area contributed by atoms with Gasteiger partial charge in [-0.3, -0.25) is 0 Å². The van der Waals surface area contributed by atoms with Gasteiger partial charge in [0.25, 0.3) is 0 Å². The number of benzene rings is 1. The van der Waals surface area contributed by atoms with Crippen molar-refractivity contribution in [1.82, 2.24) is 9.97 Å². The first kappa shape index (κ1) is 14.8. The van der Waals surface area contributed by atoms with Crippen molar-refractivity contribution in [2.75, 3.05) is 18.0 Å². The highest BCUT2D eigenvalue weighted by Gasteiger charge is 2.22. The van der Waals surface area contributed by atoms with Crippen LogP contribution in [0.5, 0.6) is 0 Å². The number of hydrogen-bond donors (Lipinski definition) is 0. The van der Waals surface area contributed by atoms with Crippen LogP contribution in [0.15, 0.2) is 41.0 Å². The highest BCUT2D eigenvalue weighted by molar-refractivity contribution is 9.10. The average molecular weight is 367 g/mol. The molecule has 1 fully saturated rings. The van der Waals surface area contributed by atoms with E-state index in [9.17, 15) is 0 Å². The Morgan fingerprint density at radius 2 is 1.90 bits per heavy atom. The van der Waals surface area contributed by atoms with Gasteiger partial charge in [-0.1, -0.05) is 30.3 Å². The minimum Gasteiger partial charge on any atom is -0.356 e. The van der Waals surface area contributed by atoms with E-state index in [-0.39, 0.29) is 0 Å². The van der Waals surface area contributed by atoms with Crippen LogP contribution in [0.2, 0.25) is 5.28 Å². The topological polar surface area (TPSA) is 29.0 Å². The SMILES string of the molecule is Clc1ncc(Br)c(N2CCC(Cc3ccccc3)CC2)n1. The summed E-state index contributed by atoms with van der Waals surface area (Å²) in [6.07, 6.45) is 5.26. The summed E-state index contributed by atoms with van der Waals surface area (Å²) in [4.78, 5) is 10.6. The van der Waals surface area contributed by atoms with Crippen LogP contribution in [-0.2, 0) is 6.42 Å². The summed E-state index contributed by atoms with van der Waals surface area (Å²) >= 11 is 9.41. The molecule has 0 unspecified atom stereocenters. The van der Waals surface area contributed by atoms with Crippen LogP contribution in [0.25, 0.3) is 0 Å². The first-order valence-corrected chi connectivity index (χ1v) is 8.36. The van der Waals surface area contributed by atoms with Crippen LogP contribution < -0.4 is 4.90 Å². The zero-order chi connectivity index (χ0) is 14.7. The Kier molecular flexibility index (Phi) is 4.76. The summed E-state index contributed by atoms with van der Waals surface area (Å²) in [5.41, 5.74) is 1.43. The van der Waals surface area contributed by atoms with Gasteiger partial charge in [-0.05, 0) is 58.3 Å². The molecular formula is C16H17BrClN3. The van der Waals surface area contributed by atoms with Gasteiger partial charge in [0.2, 0.25) is 5.28 Å². The molecule has 21 heavy (non-hydrogen) atoms. The second-order valence-corrected chi connectivity index (χ2v) is 6.62. The Labute approximate surface area is 138 Å². The third kappa shape index (κ3) is 3.74. The molecule has 0 spiro atoms. The lowest BCUT2D eigenvalue weighted by molar-refractivity contribution is 0.402. The van der Waals surface area contributed by atoms with E-state index in [0.717, 1.165) is 29.3 Å². The van der Waals surface area contributed by atoms with E-state index in [1.54, 1.807) is 6.20 Å². The predicted octanol–water partition coefficient (Wildman–Crippen LogP) is 4.35. The largest absolute Gasteiger partial charge is 0.356 e. The number of hydrogen-bond acceptors (Lipinski definition) is 3. The molecule has 3 nitrogen and oxygen atoms in total. The molecule has 3 rings (SSSR count). The van der Waals surface area contributed by atoms with Crippen LogP contribution in [0.3, 0.4) is 0 Å². The van der Waals surface area contributed by atoms with Gasteiger partial charge in [-0.2, -0.15) is 4.98 Å². The van der Waals surface area contributed by atoms with Gasteiger partial charge in [0.05, 0.1) is 4.47 Å². The second-order valence-electron chi connectivity index (χ2n) is 5.43. The summed E-state index contributed by atoms with van der Waals surface area (Å²) in [7, 11) is 0. The zero-order valence-electron chi connectivity index (χ0n) is 11.7. The number of piperidine rings is 1. The maximum atomic E-state index is 5.90. The van der Waals surface area contributed by atoms with E-state index in [0.29, 0.717) is 5.28 Å². The Balaban J connectivity index is 1.61. The number of aromatic nitrogens is 2. The fourth-order valence-electron chi connectivity index (χ4n) is 2.86. The number of halogens is 2. The summed E-state index contributed by atoms with van der Waals surface area (Å²) in [6, 6.07) is 10.7. The molecule has 2 heterocycles. The quantitative estimate of drug-likeness (QED) is 0.756. The molecule has 2 aromatic rings. The first-order valence-electron chi connectivity index (χ1n) is 7.19. The van der Waals surface area contributed by atoms with E-state index < -0.39 is 0 Å². The highest BCUT2D eigenvalue weighted by Crippen LogP contribution is 2.29. The van der Waals surface area contributed by atoms with Gasteiger partial charge in [-0.15, -0.1) is 0 Å². The molecule has 0 aliphatic carbocycles. The van der Waals surface area contributed by atoms with E-state index >= 15 is 0 Å². The van der Waals surface area contributed by atoms with E-state index in [4.69, 9.17) is 11.6 Å². The zero-order valence-corrected chi connectivity index (χ0v) is 14.0. The van der Waals surface area contributed by atoms with E-state index in [1.807, 2.05) is 0 Å². The van der Waals surface area contributed by atoms with Crippen LogP contribution >= 0.6 is 27.5 Å². The smallest absolute Gasteiger partial charge is 0.224 e. The van der Waals surface area contributed by atoms with Crippen LogP contribution in [-0.4, -0.2) is 23.1 Å². The van der Waals surface area contributed by atoms with Crippen molar-refractivity contribution in [1.29, 1.82) is 0 Å². The predicted molar refractivity (Wildman–Crippen MR) is 89.8 cm³/mol. The summed E-state index contributed by atoms with van der Waals surface area (Å²) in [6.45, 7) is 2.03. The summed E-state index contributed by atoms with van der Waals surface area (Å²) in [5, 5.41) is 0.305. The molecule has 110 valence electrons. The summed E-state index contributed by atoms with van der Waals surface area (Å²) < 4.78 is 0.911. The fourth-order valence-corrected chi connectivity index (χ4v) is 3.43. The molecule has 1 aliphatic rings. The first-order chi connectivity index (χ1) is 10.2. The minimum atomic E-state index is 0.305. The van der Waals surface area contributed by atoms with Crippen molar-refractivity contribution in [3.05, 3.63) is 51.8 Å². The van der Waals surface area contributed by atoms with Gasteiger partial charge in [0, 0.05) is 19.3 Å². The van der Waals surface area contributed by atoms with Crippen molar-refractivity contribution in [3.8, 4) is 0 Å². The lowest BCUT2D eigenvalue weighted by atomic mass is 9.90. The Bertz CT molecular complexity index is 598. The third-order valence-electron chi connectivity index (χ3n) is 3.98. The lowest BCUT2D eigenvalue weighted by Gasteiger charge is -2.33. The van der Waals surface area contributed by atoms with Gasteiger partial charge in [0.15, 0.2) is 0 Å². The van der Waals surface area contributed by atoms with Gasteiger partial charge >= 0.3 is 0 Å². The van der Waals surface area contributed by atoms with E-state index in [2.05, 4.69) is 61.1 Å². The maximum Gasteiger partial charge on any atom is 0.224 e. The third-order valence-corrected chi connectivity index (χ3v) is 4.72. The number of anilines is 1. The molecule has 5 heteroatoms. The molecule has 0 amide bonds. The Hall–Kier alpha value is -1.13. The van der Waals surface area contributed by atoms with Crippen LogP contribution in [0.4, 0.5) is 5.82 Å². The molecule has 1 saturated heterocycles. The van der Waals surface area contributed by atoms with Crippen molar-refractivity contribution in [2.45, 2.75) is 19.3 Å². The number of rotatable bonds is 3. The average Bonchev–Trinajstić information content (AvgIpc) is 2.52. The van der Waals surface area contributed by atoms with Crippen LogP contribution in [0, 0.1) is 5.92 Å². The van der Waals surface area contributed by atoms with Crippen LogP contribution in [0.1, 0.15) is 18.4 Å². The van der Waals surface area contributed by atoms with E-state index in [1.165, 1.54) is 24.8 Å².